The van der Waals surface area contributed by atoms with Crippen molar-refractivity contribution in [2.45, 2.75) is 46.5 Å². The standard InChI is InChI=1S/C21H25N5O4/c1-6-29-16-9-13(27)7-8-14(16)19-22-11-15(12(2)23-19)24-20(28)25-18-10-17(30-26-18)21(3,4)5/h8-11H,6-7H2,1-5H3,(H2,24,25,26,28). The van der Waals surface area contributed by atoms with Gasteiger partial charge in [-0.05, 0) is 13.8 Å². The lowest BCUT2D eigenvalue weighted by atomic mass is 9.93. The maximum absolute atomic E-state index is 12.3. The first-order valence-corrected chi connectivity index (χ1v) is 9.64. The van der Waals surface area contributed by atoms with E-state index < -0.39 is 6.03 Å². The van der Waals surface area contributed by atoms with Gasteiger partial charge in [-0.25, -0.2) is 14.8 Å². The number of aryl methyl sites for hydroxylation is 1. The van der Waals surface area contributed by atoms with Crippen LogP contribution in [0.4, 0.5) is 16.3 Å². The largest absolute Gasteiger partial charge is 0.493 e. The molecule has 0 unspecified atom stereocenters. The summed E-state index contributed by atoms with van der Waals surface area (Å²) in [6, 6.07) is 1.20. The molecular weight excluding hydrogens is 386 g/mol. The minimum atomic E-state index is -0.486. The van der Waals surface area contributed by atoms with Crippen LogP contribution >= 0.6 is 0 Å². The highest BCUT2D eigenvalue weighted by Crippen LogP contribution is 2.27. The summed E-state index contributed by atoms with van der Waals surface area (Å²) in [4.78, 5) is 32.8. The van der Waals surface area contributed by atoms with Crippen molar-refractivity contribution in [3.05, 3.63) is 47.5 Å². The first kappa shape index (κ1) is 21.2. The Morgan fingerprint density at radius 3 is 2.70 bits per heavy atom. The number of amides is 2. The maximum Gasteiger partial charge on any atom is 0.325 e. The summed E-state index contributed by atoms with van der Waals surface area (Å²) in [6.45, 7) is 9.99. The Balaban J connectivity index is 1.71. The van der Waals surface area contributed by atoms with Crippen LogP contribution in [0.25, 0.3) is 5.57 Å². The SMILES string of the molecule is CCOC1=CC(=O)CC=C1c1ncc(NC(=O)Nc2cc(C(C)(C)C)on2)c(C)n1. The van der Waals surface area contributed by atoms with Gasteiger partial charge in [0.1, 0.15) is 11.5 Å². The molecule has 0 atom stereocenters. The topological polar surface area (TPSA) is 119 Å². The molecule has 9 nitrogen and oxygen atoms in total. The van der Waals surface area contributed by atoms with Crippen molar-refractivity contribution in [3.8, 4) is 0 Å². The number of carbonyl (C=O) groups is 2. The van der Waals surface area contributed by atoms with E-state index >= 15 is 0 Å². The fourth-order valence-electron chi connectivity index (χ4n) is 2.74. The van der Waals surface area contributed by atoms with Gasteiger partial charge in [-0.3, -0.25) is 10.1 Å². The number of nitrogens with one attached hydrogen (secondary N) is 2. The molecule has 0 spiro atoms. The molecule has 1 aliphatic carbocycles. The van der Waals surface area contributed by atoms with Crippen molar-refractivity contribution in [2.75, 3.05) is 17.2 Å². The van der Waals surface area contributed by atoms with Crippen LogP contribution in [-0.4, -0.2) is 33.5 Å². The first-order chi connectivity index (χ1) is 14.2. The van der Waals surface area contributed by atoms with Crippen LogP contribution in [0.2, 0.25) is 0 Å². The monoisotopic (exact) mass is 411 g/mol. The molecule has 30 heavy (non-hydrogen) atoms. The third-order valence-electron chi connectivity index (χ3n) is 4.32. The van der Waals surface area contributed by atoms with Crippen molar-refractivity contribution in [3.63, 3.8) is 0 Å². The first-order valence-electron chi connectivity index (χ1n) is 9.64. The fraction of sp³-hybridized carbons (Fsp3) is 0.381. The van der Waals surface area contributed by atoms with E-state index in [0.717, 1.165) is 0 Å². The molecule has 9 heteroatoms. The van der Waals surface area contributed by atoms with Crippen LogP contribution in [0.5, 0.6) is 0 Å². The van der Waals surface area contributed by atoms with Gasteiger partial charge in [0.15, 0.2) is 17.4 Å². The quantitative estimate of drug-likeness (QED) is 0.763. The zero-order valence-corrected chi connectivity index (χ0v) is 17.7. The zero-order chi connectivity index (χ0) is 21.9. The fourth-order valence-corrected chi connectivity index (χ4v) is 2.74. The third kappa shape index (κ3) is 4.91. The van der Waals surface area contributed by atoms with Gasteiger partial charge in [-0.1, -0.05) is 32.0 Å². The van der Waals surface area contributed by atoms with Crippen molar-refractivity contribution in [2.24, 2.45) is 0 Å². The average Bonchev–Trinajstić information content (AvgIpc) is 3.13. The molecule has 0 aliphatic heterocycles. The predicted octanol–water partition coefficient (Wildman–Crippen LogP) is 3.99. The summed E-state index contributed by atoms with van der Waals surface area (Å²) in [5, 5.41) is 9.19. The minimum absolute atomic E-state index is 0.0312. The Hall–Kier alpha value is -3.49. The number of rotatable bonds is 5. The minimum Gasteiger partial charge on any atom is -0.493 e. The van der Waals surface area contributed by atoms with Crippen molar-refractivity contribution >= 4 is 28.9 Å². The van der Waals surface area contributed by atoms with E-state index in [4.69, 9.17) is 9.26 Å². The molecule has 0 saturated carbocycles. The number of allylic oxidation sites excluding steroid dienone is 3. The Kier molecular flexibility index (Phi) is 6.00. The molecule has 3 rings (SSSR count). The second-order valence-corrected chi connectivity index (χ2v) is 7.83. The smallest absolute Gasteiger partial charge is 0.325 e. The predicted molar refractivity (Wildman–Crippen MR) is 112 cm³/mol. The van der Waals surface area contributed by atoms with E-state index in [1.807, 2.05) is 27.7 Å². The van der Waals surface area contributed by atoms with E-state index in [1.165, 1.54) is 12.3 Å². The number of hydrogen-bond acceptors (Lipinski definition) is 7. The summed E-state index contributed by atoms with van der Waals surface area (Å²) in [5.74, 6) is 1.83. The maximum atomic E-state index is 12.3. The Bertz CT molecular complexity index is 1030. The molecule has 158 valence electrons. The number of ether oxygens (including phenoxy) is 1. The van der Waals surface area contributed by atoms with E-state index in [2.05, 4.69) is 25.8 Å². The molecular formula is C21H25N5O4. The zero-order valence-electron chi connectivity index (χ0n) is 17.7. The summed E-state index contributed by atoms with van der Waals surface area (Å²) in [7, 11) is 0. The highest BCUT2D eigenvalue weighted by Gasteiger charge is 2.21. The Morgan fingerprint density at radius 1 is 1.30 bits per heavy atom. The molecule has 2 aromatic heterocycles. The molecule has 0 fully saturated rings. The number of ketones is 1. The van der Waals surface area contributed by atoms with Crippen LogP contribution in [0, 0.1) is 6.92 Å². The molecule has 2 heterocycles. The lowest BCUT2D eigenvalue weighted by molar-refractivity contribution is -0.114. The molecule has 2 N–H and O–H groups in total. The summed E-state index contributed by atoms with van der Waals surface area (Å²) >= 11 is 0. The summed E-state index contributed by atoms with van der Waals surface area (Å²) in [5.41, 5.74) is 1.47. The molecule has 0 aromatic carbocycles. The van der Waals surface area contributed by atoms with Gasteiger partial charge < -0.3 is 14.6 Å². The molecule has 0 bridgehead atoms. The Morgan fingerprint density at radius 2 is 2.07 bits per heavy atom. The van der Waals surface area contributed by atoms with Gasteiger partial charge >= 0.3 is 6.03 Å². The van der Waals surface area contributed by atoms with E-state index in [1.54, 1.807) is 19.1 Å². The Labute approximate surface area is 174 Å². The van der Waals surface area contributed by atoms with Gasteiger partial charge in [0.25, 0.3) is 0 Å². The lowest BCUT2D eigenvalue weighted by Gasteiger charge is -2.16. The average molecular weight is 411 g/mol. The van der Waals surface area contributed by atoms with Crippen molar-refractivity contribution in [1.82, 2.24) is 15.1 Å². The third-order valence-corrected chi connectivity index (χ3v) is 4.32. The molecule has 0 saturated heterocycles. The highest BCUT2D eigenvalue weighted by molar-refractivity contribution is 6.00. The number of urea groups is 1. The van der Waals surface area contributed by atoms with Crippen molar-refractivity contribution in [1.29, 1.82) is 0 Å². The second kappa shape index (κ2) is 8.48. The molecule has 2 aromatic rings. The van der Waals surface area contributed by atoms with E-state index in [0.29, 0.717) is 46.7 Å². The van der Waals surface area contributed by atoms with Gasteiger partial charge in [-0.15, -0.1) is 0 Å². The van der Waals surface area contributed by atoms with Gasteiger partial charge in [0.2, 0.25) is 0 Å². The van der Waals surface area contributed by atoms with Crippen LogP contribution in [0.1, 0.15) is 51.4 Å². The number of carbonyl (C=O) groups excluding carboxylic acids is 2. The normalized spacial score (nSPS) is 14.1. The summed E-state index contributed by atoms with van der Waals surface area (Å²) in [6.07, 6.45) is 4.99. The van der Waals surface area contributed by atoms with E-state index in [-0.39, 0.29) is 17.6 Å². The molecule has 0 radical (unpaired) electrons. The van der Waals surface area contributed by atoms with Crippen molar-refractivity contribution < 1.29 is 18.8 Å². The molecule has 1 aliphatic rings. The number of hydrogen-bond donors (Lipinski definition) is 2. The lowest BCUT2D eigenvalue weighted by Crippen LogP contribution is -2.21. The van der Waals surface area contributed by atoms with Crippen LogP contribution in [-0.2, 0) is 14.9 Å². The summed E-state index contributed by atoms with van der Waals surface area (Å²) < 4.78 is 10.8. The van der Waals surface area contributed by atoms with E-state index in [9.17, 15) is 9.59 Å². The van der Waals surface area contributed by atoms with Gasteiger partial charge in [-0.2, -0.15) is 0 Å². The van der Waals surface area contributed by atoms with Gasteiger partial charge in [0.05, 0.1) is 29.8 Å². The number of nitrogens with zero attached hydrogens (tertiary/aromatic N) is 3. The number of aromatic nitrogens is 3. The van der Waals surface area contributed by atoms with Crippen LogP contribution < -0.4 is 10.6 Å². The van der Waals surface area contributed by atoms with Gasteiger partial charge in [0, 0.05) is 24.0 Å². The highest BCUT2D eigenvalue weighted by atomic mass is 16.5. The van der Waals surface area contributed by atoms with Crippen LogP contribution in [0.3, 0.4) is 0 Å². The van der Waals surface area contributed by atoms with Crippen LogP contribution in [0.15, 0.2) is 34.7 Å². The second-order valence-electron chi connectivity index (χ2n) is 7.83. The molecule has 2 amide bonds. The number of anilines is 2.